The number of nitrogens with two attached hydrogens (primary N) is 1. The number of nitrogens with zero attached hydrogens (tertiary/aromatic N) is 2. The van der Waals surface area contributed by atoms with Crippen LogP contribution < -0.4 is 10.0 Å². The van der Waals surface area contributed by atoms with Crippen LogP contribution in [0.15, 0.2) is 24.3 Å². The second-order valence-electron chi connectivity index (χ2n) is 4.49. The summed E-state index contributed by atoms with van der Waals surface area (Å²) in [7, 11) is 1.89. The van der Waals surface area contributed by atoms with Gasteiger partial charge in [-0.2, -0.15) is 0 Å². The summed E-state index contributed by atoms with van der Waals surface area (Å²) in [6, 6.07) is 7.06. The van der Waals surface area contributed by atoms with Crippen LogP contribution in [0.3, 0.4) is 0 Å². The number of nitro groups is 1. The van der Waals surface area contributed by atoms with Crippen molar-refractivity contribution in [3.63, 3.8) is 0 Å². The summed E-state index contributed by atoms with van der Waals surface area (Å²) in [5.74, 6) is 0. The summed E-state index contributed by atoms with van der Waals surface area (Å²) in [6.07, 6.45) is 2.03. The number of para-hydroxylation sites is 2. The number of hydrogen-bond donors (Lipinski definition) is 1. The zero-order valence-corrected chi connectivity index (χ0v) is 12.5. The van der Waals surface area contributed by atoms with Gasteiger partial charge >= 0.3 is 0 Å². The van der Waals surface area contributed by atoms with Gasteiger partial charge in [-0.1, -0.05) is 12.1 Å². The summed E-state index contributed by atoms with van der Waals surface area (Å²) in [4.78, 5) is 12.6. The average molecular weight is 316 g/mol. The lowest BCUT2D eigenvalue weighted by Crippen LogP contribution is -2.38. The van der Waals surface area contributed by atoms with Gasteiger partial charge in [0.2, 0.25) is 0 Å². The van der Waals surface area contributed by atoms with Gasteiger partial charge in [0.15, 0.2) is 0 Å². The van der Waals surface area contributed by atoms with Gasteiger partial charge in [-0.05, 0) is 18.9 Å². The van der Waals surface area contributed by atoms with Crippen molar-refractivity contribution in [2.24, 2.45) is 5.14 Å². The largest absolute Gasteiger partial charge is 0.760 e. The Morgan fingerprint density at radius 1 is 1.48 bits per heavy atom. The van der Waals surface area contributed by atoms with Crippen molar-refractivity contribution in [1.29, 1.82) is 0 Å². The Labute approximate surface area is 125 Å². The summed E-state index contributed by atoms with van der Waals surface area (Å²) in [6.45, 7) is 1.43. The Morgan fingerprint density at radius 3 is 2.62 bits per heavy atom. The molecule has 1 unspecified atom stereocenters. The average Bonchev–Trinajstić information content (AvgIpc) is 2.47. The van der Waals surface area contributed by atoms with E-state index in [-0.39, 0.29) is 16.7 Å². The molecular formula is C12H18N3O5S-. The highest BCUT2D eigenvalue weighted by atomic mass is 32.2. The monoisotopic (exact) mass is 316 g/mol. The third kappa shape index (κ3) is 5.76. The smallest absolute Gasteiger partial charge is 0.292 e. The second kappa shape index (κ2) is 8.67. The number of likely N-dealkylation sites (N-methyl/N-ethyl adjacent to an activating group) is 1. The highest BCUT2D eigenvalue weighted by Gasteiger charge is 2.24. The van der Waals surface area contributed by atoms with Crippen molar-refractivity contribution in [3.8, 4) is 0 Å². The van der Waals surface area contributed by atoms with Crippen LogP contribution in [0.25, 0.3) is 0 Å². The maximum atomic E-state index is 11.0. The molecule has 0 bridgehead atoms. The van der Waals surface area contributed by atoms with Crippen LogP contribution in [-0.4, -0.2) is 40.0 Å². The molecule has 8 nitrogen and oxygen atoms in total. The topological polar surface area (TPSA) is 122 Å². The summed E-state index contributed by atoms with van der Waals surface area (Å²) >= 11 is -2.36. The normalized spacial score (nSPS) is 19.1. The SMILES string of the molecule is CN(c1ccccc1[N+](=O)[O-])[C@H]1CCCOC1.NS(=O)[O-]. The van der Waals surface area contributed by atoms with Crippen molar-refractivity contribution < 1.29 is 18.4 Å². The lowest BCUT2D eigenvalue weighted by Gasteiger charge is -2.32. The van der Waals surface area contributed by atoms with E-state index in [1.165, 1.54) is 6.07 Å². The Bertz CT molecular complexity index is 490. The number of anilines is 1. The van der Waals surface area contributed by atoms with Gasteiger partial charge in [0, 0.05) is 31.0 Å². The molecular weight excluding hydrogens is 298 g/mol. The van der Waals surface area contributed by atoms with E-state index in [9.17, 15) is 10.1 Å². The molecule has 2 rings (SSSR count). The van der Waals surface area contributed by atoms with E-state index in [1.54, 1.807) is 12.1 Å². The maximum absolute atomic E-state index is 11.0. The van der Waals surface area contributed by atoms with Crippen molar-refractivity contribution in [2.75, 3.05) is 25.2 Å². The molecule has 0 amide bonds. The lowest BCUT2D eigenvalue weighted by molar-refractivity contribution is -0.384. The molecule has 1 aliphatic heterocycles. The molecule has 0 saturated carbocycles. The molecule has 0 spiro atoms. The molecule has 21 heavy (non-hydrogen) atoms. The van der Waals surface area contributed by atoms with E-state index in [0.717, 1.165) is 19.4 Å². The van der Waals surface area contributed by atoms with Crippen molar-refractivity contribution >= 4 is 22.6 Å². The van der Waals surface area contributed by atoms with Crippen molar-refractivity contribution in [2.45, 2.75) is 18.9 Å². The Hall–Kier alpha value is -1.55. The fraction of sp³-hybridized carbons (Fsp3) is 0.500. The van der Waals surface area contributed by atoms with Gasteiger partial charge < -0.3 is 14.2 Å². The van der Waals surface area contributed by atoms with Crippen LogP contribution in [0.1, 0.15) is 12.8 Å². The standard InChI is InChI=1S/C12H16N2O3.H3NO2S/c1-13(10-5-4-8-17-9-10)11-6-2-3-7-12(11)14(15)16;1-4(2)3/h2-3,6-7,10H,4-5,8-9H2,1H3;1H2,(H,2,3)/p-1/t10-;/m0./s1. The van der Waals surface area contributed by atoms with E-state index < -0.39 is 11.3 Å². The third-order valence-corrected chi connectivity index (χ3v) is 3.14. The molecule has 2 N–H and O–H groups in total. The number of rotatable bonds is 3. The molecule has 0 aliphatic carbocycles. The first-order chi connectivity index (χ1) is 9.93. The third-order valence-electron chi connectivity index (χ3n) is 3.14. The van der Waals surface area contributed by atoms with Gasteiger partial charge in [-0.3, -0.25) is 19.5 Å². The van der Waals surface area contributed by atoms with Crippen LogP contribution in [0.2, 0.25) is 0 Å². The molecule has 1 fully saturated rings. The van der Waals surface area contributed by atoms with E-state index in [2.05, 4.69) is 5.14 Å². The maximum Gasteiger partial charge on any atom is 0.292 e. The molecule has 1 aliphatic rings. The molecule has 1 aromatic carbocycles. The number of nitro benzene ring substituents is 1. The zero-order valence-electron chi connectivity index (χ0n) is 11.6. The Kier molecular flexibility index (Phi) is 7.23. The fourth-order valence-electron chi connectivity index (χ4n) is 2.14. The van der Waals surface area contributed by atoms with Crippen molar-refractivity contribution in [1.82, 2.24) is 0 Å². The fourth-order valence-corrected chi connectivity index (χ4v) is 2.14. The molecule has 0 aromatic heterocycles. The minimum absolute atomic E-state index is 0.153. The molecule has 1 saturated heterocycles. The van der Waals surface area contributed by atoms with Crippen LogP contribution in [-0.2, 0) is 16.0 Å². The molecule has 118 valence electrons. The van der Waals surface area contributed by atoms with Crippen LogP contribution in [0, 0.1) is 10.1 Å². The minimum atomic E-state index is -2.36. The van der Waals surface area contributed by atoms with Gasteiger partial charge in [0.1, 0.15) is 5.69 Å². The molecule has 0 radical (unpaired) electrons. The minimum Gasteiger partial charge on any atom is -0.760 e. The summed E-state index contributed by atoms with van der Waals surface area (Å²) < 4.78 is 23.0. The number of ether oxygens (including phenoxy) is 1. The second-order valence-corrected chi connectivity index (χ2v) is 5.01. The quantitative estimate of drug-likeness (QED) is 0.503. The van der Waals surface area contributed by atoms with Gasteiger partial charge in [0.25, 0.3) is 5.69 Å². The highest BCUT2D eigenvalue weighted by Crippen LogP contribution is 2.29. The highest BCUT2D eigenvalue weighted by molar-refractivity contribution is 7.76. The number of hydrogen-bond acceptors (Lipinski definition) is 6. The van der Waals surface area contributed by atoms with Crippen LogP contribution in [0.5, 0.6) is 0 Å². The molecule has 1 aromatic rings. The molecule has 1 heterocycles. The zero-order chi connectivity index (χ0) is 15.8. The van der Waals surface area contributed by atoms with Crippen LogP contribution in [0.4, 0.5) is 11.4 Å². The van der Waals surface area contributed by atoms with Gasteiger partial charge in [0.05, 0.1) is 17.6 Å². The van der Waals surface area contributed by atoms with E-state index in [4.69, 9.17) is 13.5 Å². The Balaban J connectivity index is 0.000000491. The summed E-state index contributed by atoms with van der Waals surface area (Å²) in [5.41, 5.74) is 0.813. The predicted octanol–water partition coefficient (Wildman–Crippen LogP) is 0.949. The first kappa shape index (κ1) is 17.5. The first-order valence-corrected chi connectivity index (χ1v) is 7.45. The van der Waals surface area contributed by atoms with E-state index in [0.29, 0.717) is 12.3 Å². The lowest BCUT2D eigenvalue weighted by atomic mass is 10.1. The van der Waals surface area contributed by atoms with E-state index in [1.807, 2.05) is 18.0 Å². The van der Waals surface area contributed by atoms with Gasteiger partial charge in [-0.15, -0.1) is 0 Å². The molecule has 2 atom stereocenters. The van der Waals surface area contributed by atoms with Crippen molar-refractivity contribution in [3.05, 3.63) is 34.4 Å². The van der Waals surface area contributed by atoms with Crippen LogP contribution >= 0.6 is 0 Å². The summed E-state index contributed by atoms with van der Waals surface area (Å²) in [5, 5.41) is 15.0. The van der Waals surface area contributed by atoms with Gasteiger partial charge in [-0.25, -0.2) is 0 Å². The first-order valence-electron chi connectivity index (χ1n) is 6.31. The van der Waals surface area contributed by atoms with E-state index >= 15 is 0 Å². The number of benzene rings is 1. The Morgan fingerprint density at radius 2 is 2.10 bits per heavy atom. The predicted molar refractivity (Wildman–Crippen MR) is 78.4 cm³/mol. The molecule has 9 heteroatoms.